The van der Waals surface area contributed by atoms with Crippen LogP contribution in [0.15, 0.2) is 30.3 Å². The summed E-state index contributed by atoms with van der Waals surface area (Å²) in [5.41, 5.74) is 1.01. The molecule has 1 saturated carbocycles. The van der Waals surface area contributed by atoms with Gasteiger partial charge in [-0.25, -0.2) is 4.79 Å². The first-order valence-electron chi connectivity index (χ1n) is 8.27. The van der Waals surface area contributed by atoms with Gasteiger partial charge in [-0.05, 0) is 25.7 Å². The summed E-state index contributed by atoms with van der Waals surface area (Å²) in [5, 5.41) is 24.5. The van der Waals surface area contributed by atoms with Gasteiger partial charge in [-0.1, -0.05) is 41.7 Å². The highest BCUT2D eigenvalue weighted by molar-refractivity contribution is 7.14. The molecule has 0 spiro atoms. The highest BCUT2D eigenvalue weighted by Crippen LogP contribution is 2.24. The molecule has 1 aliphatic carbocycles. The lowest BCUT2D eigenvalue weighted by atomic mass is 9.86. The molecule has 132 valence electrons. The van der Waals surface area contributed by atoms with Gasteiger partial charge in [-0.15, -0.1) is 10.2 Å². The number of carbonyl (C=O) groups is 2. The Balaban J connectivity index is 1.44. The summed E-state index contributed by atoms with van der Waals surface area (Å²) in [6.45, 7) is 0.320. The minimum atomic E-state index is -0.742. The number of nitrogens with one attached hydrogen (secondary N) is 2. The SMILES string of the molecule is O=C(NCc1nnc(-c2ccccc2)s1)NC1CCC(C(=O)O)CC1. The van der Waals surface area contributed by atoms with Gasteiger partial charge in [-0.2, -0.15) is 0 Å². The Morgan fingerprint density at radius 3 is 2.52 bits per heavy atom. The second kappa shape index (κ2) is 8.06. The van der Waals surface area contributed by atoms with Gasteiger partial charge in [0.15, 0.2) is 0 Å². The quantitative estimate of drug-likeness (QED) is 0.760. The zero-order chi connectivity index (χ0) is 17.6. The Bertz CT molecular complexity index is 727. The number of carboxylic acids is 1. The maximum atomic E-state index is 12.0. The molecule has 1 heterocycles. The van der Waals surface area contributed by atoms with Crippen LogP contribution in [-0.2, 0) is 11.3 Å². The zero-order valence-electron chi connectivity index (χ0n) is 13.6. The van der Waals surface area contributed by atoms with Gasteiger partial charge in [0.25, 0.3) is 0 Å². The van der Waals surface area contributed by atoms with Crippen LogP contribution in [0.25, 0.3) is 10.6 Å². The molecule has 1 aliphatic rings. The van der Waals surface area contributed by atoms with E-state index < -0.39 is 5.97 Å². The molecule has 1 aromatic heterocycles. The van der Waals surface area contributed by atoms with E-state index in [9.17, 15) is 9.59 Å². The second-order valence-electron chi connectivity index (χ2n) is 6.08. The predicted molar refractivity (Wildman–Crippen MR) is 94.1 cm³/mol. The van der Waals surface area contributed by atoms with Crippen LogP contribution in [-0.4, -0.2) is 33.3 Å². The molecule has 0 bridgehead atoms. The summed E-state index contributed by atoms with van der Waals surface area (Å²) in [6, 6.07) is 9.56. The fourth-order valence-electron chi connectivity index (χ4n) is 2.90. The fourth-order valence-corrected chi connectivity index (χ4v) is 3.68. The maximum Gasteiger partial charge on any atom is 0.315 e. The molecule has 0 unspecified atom stereocenters. The molecule has 0 aliphatic heterocycles. The standard InChI is InChI=1S/C17H20N4O3S/c22-16(23)12-6-8-13(9-7-12)19-17(24)18-10-14-20-21-15(25-14)11-4-2-1-3-5-11/h1-5,12-13H,6-10H2,(H,22,23)(H2,18,19,24). The fraction of sp³-hybridized carbons (Fsp3) is 0.412. The second-order valence-corrected chi connectivity index (χ2v) is 7.14. The summed E-state index contributed by atoms with van der Waals surface area (Å²) in [5.74, 6) is -1.02. The third kappa shape index (κ3) is 4.76. The third-order valence-corrected chi connectivity index (χ3v) is 5.27. The summed E-state index contributed by atoms with van der Waals surface area (Å²) in [6.07, 6.45) is 2.61. The molecule has 0 saturated heterocycles. The van der Waals surface area contributed by atoms with Gasteiger partial charge in [0.2, 0.25) is 0 Å². The topological polar surface area (TPSA) is 104 Å². The molecule has 1 fully saturated rings. The largest absolute Gasteiger partial charge is 0.481 e. The van der Waals surface area contributed by atoms with E-state index >= 15 is 0 Å². The normalized spacial score (nSPS) is 20.0. The molecule has 0 atom stereocenters. The average Bonchev–Trinajstić information content (AvgIpc) is 3.10. The summed E-state index contributed by atoms with van der Waals surface area (Å²) >= 11 is 1.45. The lowest BCUT2D eigenvalue weighted by Gasteiger charge is -2.26. The molecule has 0 radical (unpaired) electrons. The van der Waals surface area contributed by atoms with Crippen molar-refractivity contribution < 1.29 is 14.7 Å². The van der Waals surface area contributed by atoms with Crippen molar-refractivity contribution in [1.29, 1.82) is 0 Å². The van der Waals surface area contributed by atoms with Crippen LogP contribution in [0.3, 0.4) is 0 Å². The lowest BCUT2D eigenvalue weighted by molar-refractivity contribution is -0.142. The molecule has 2 amide bonds. The van der Waals surface area contributed by atoms with E-state index in [4.69, 9.17) is 5.11 Å². The van der Waals surface area contributed by atoms with Crippen molar-refractivity contribution in [1.82, 2.24) is 20.8 Å². The van der Waals surface area contributed by atoms with Gasteiger partial charge in [0.1, 0.15) is 10.0 Å². The van der Waals surface area contributed by atoms with Crippen LogP contribution < -0.4 is 10.6 Å². The Morgan fingerprint density at radius 2 is 1.84 bits per heavy atom. The molecule has 3 rings (SSSR count). The first-order chi connectivity index (χ1) is 12.1. The molecule has 1 aromatic carbocycles. The van der Waals surface area contributed by atoms with Gasteiger partial charge >= 0.3 is 12.0 Å². The number of rotatable bonds is 5. The molecule has 2 aromatic rings. The zero-order valence-corrected chi connectivity index (χ0v) is 14.5. The predicted octanol–water partition coefficient (Wildman–Crippen LogP) is 2.65. The van der Waals surface area contributed by atoms with Gasteiger partial charge in [0.05, 0.1) is 12.5 Å². The van der Waals surface area contributed by atoms with Crippen molar-refractivity contribution in [3.63, 3.8) is 0 Å². The lowest BCUT2D eigenvalue weighted by Crippen LogP contribution is -2.43. The number of aromatic nitrogens is 2. The van der Waals surface area contributed by atoms with Crippen molar-refractivity contribution in [3.8, 4) is 10.6 Å². The van der Waals surface area contributed by atoms with Crippen molar-refractivity contribution in [3.05, 3.63) is 35.3 Å². The number of benzene rings is 1. The molecule has 25 heavy (non-hydrogen) atoms. The van der Waals surface area contributed by atoms with E-state index in [1.54, 1.807) is 0 Å². The van der Waals surface area contributed by atoms with E-state index in [1.807, 2.05) is 30.3 Å². The minimum Gasteiger partial charge on any atom is -0.481 e. The van der Waals surface area contributed by atoms with Crippen LogP contribution in [0, 0.1) is 5.92 Å². The van der Waals surface area contributed by atoms with Crippen LogP contribution in [0.5, 0.6) is 0 Å². The van der Waals surface area contributed by atoms with E-state index in [2.05, 4.69) is 20.8 Å². The van der Waals surface area contributed by atoms with Crippen molar-refractivity contribution in [2.45, 2.75) is 38.3 Å². The van der Waals surface area contributed by atoms with E-state index in [0.717, 1.165) is 15.6 Å². The number of nitrogens with zero attached hydrogens (tertiary/aromatic N) is 2. The number of carboxylic acid groups (broad SMARTS) is 1. The number of amides is 2. The first-order valence-corrected chi connectivity index (χ1v) is 9.08. The van der Waals surface area contributed by atoms with Gasteiger partial charge in [0, 0.05) is 11.6 Å². The Morgan fingerprint density at radius 1 is 1.12 bits per heavy atom. The Hall–Kier alpha value is -2.48. The number of hydrogen-bond acceptors (Lipinski definition) is 5. The monoisotopic (exact) mass is 360 g/mol. The van der Waals surface area contributed by atoms with Crippen molar-refractivity contribution >= 4 is 23.3 Å². The van der Waals surface area contributed by atoms with Crippen LogP contribution in [0.4, 0.5) is 4.79 Å². The molecular weight excluding hydrogens is 340 g/mol. The number of aliphatic carboxylic acids is 1. The van der Waals surface area contributed by atoms with E-state index in [0.29, 0.717) is 32.2 Å². The Kier molecular flexibility index (Phi) is 5.60. The molecule has 7 nitrogen and oxygen atoms in total. The summed E-state index contributed by atoms with van der Waals surface area (Å²) < 4.78 is 0. The maximum absolute atomic E-state index is 12.0. The van der Waals surface area contributed by atoms with Gasteiger partial charge < -0.3 is 15.7 Å². The van der Waals surface area contributed by atoms with Gasteiger partial charge in [-0.3, -0.25) is 4.79 Å². The van der Waals surface area contributed by atoms with E-state index in [1.165, 1.54) is 11.3 Å². The summed E-state index contributed by atoms with van der Waals surface area (Å²) in [7, 11) is 0. The number of carbonyl (C=O) groups excluding carboxylic acids is 1. The molecule has 8 heteroatoms. The number of urea groups is 1. The van der Waals surface area contributed by atoms with Crippen molar-refractivity contribution in [2.24, 2.45) is 5.92 Å². The average molecular weight is 360 g/mol. The van der Waals surface area contributed by atoms with Crippen LogP contribution >= 0.6 is 11.3 Å². The Labute approximate surface area is 149 Å². The minimum absolute atomic E-state index is 0.0323. The molecular formula is C17H20N4O3S. The van der Waals surface area contributed by atoms with E-state index in [-0.39, 0.29) is 18.0 Å². The van der Waals surface area contributed by atoms with Crippen molar-refractivity contribution in [2.75, 3.05) is 0 Å². The summed E-state index contributed by atoms with van der Waals surface area (Å²) in [4.78, 5) is 22.9. The highest BCUT2D eigenvalue weighted by atomic mass is 32.1. The number of hydrogen-bond donors (Lipinski definition) is 3. The van der Waals surface area contributed by atoms with Crippen LogP contribution in [0.2, 0.25) is 0 Å². The smallest absolute Gasteiger partial charge is 0.315 e. The van der Waals surface area contributed by atoms with Crippen LogP contribution in [0.1, 0.15) is 30.7 Å². The third-order valence-electron chi connectivity index (χ3n) is 4.30. The first kappa shape index (κ1) is 17.3. The molecule has 3 N–H and O–H groups in total. The highest BCUT2D eigenvalue weighted by Gasteiger charge is 2.26.